The van der Waals surface area contributed by atoms with Crippen LogP contribution in [0, 0.1) is 5.92 Å². The number of carbonyl (C=O) groups excluding carboxylic acids is 1. The van der Waals surface area contributed by atoms with E-state index in [0.717, 1.165) is 28.0 Å². The standard InChI is InChI=1S/C21H21N3O2S/c25-20(13-6-19(27-12-13)14-10-22-23-11-14)17-7-16-8-21(26,9-18(17)24-16)15-4-2-1-3-5-15/h1-6,10-12,16-18,24,26H,7-9H2,(H,22,23). The number of thiophene rings is 1. The molecular formula is C21H21N3O2S. The molecule has 2 fully saturated rings. The van der Waals surface area contributed by atoms with E-state index in [4.69, 9.17) is 0 Å². The quantitative estimate of drug-likeness (QED) is 0.608. The summed E-state index contributed by atoms with van der Waals surface area (Å²) in [5.41, 5.74) is 1.86. The third-order valence-electron chi connectivity index (χ3n) is 5.93. The van der Waals surface area contributed by atoms with Gasteiger partial charge in [0.05, 0.1) is 11.8 Å². The first-order valence-electron chi connectivity index (χ1n) is 9.28. The van der Waals surface area contributed by atoms with Gasteiger partial charge < -0.3 is 10.4 Å². The maximum absolute atomic E-state index is 13.2. The number of carbonyl (C=O) groups is 1. The number of aromatic amines is 1. The fourth-order valence-corrected chi connectivity index (χ4v) is 5.53. The van der Waals surface area contributed by atoms with Gasteiger partial charge in [0.1, 0.15) is 0 Å². The molecule has 0 spiro atoms. The second-order valence-electron chi connectivity index (χ2n) is 7.67. The van der Waals surface area contributed by atoms with Gasteiger partial charge in [-0.25, -0.2) is 0 Å². The highest BCUT2D eigenvalue weighted by Crippen LogP contribution is 2.44. The topological polar surface area (TPSA) is 78.0 Å². The Kier molecular flexibility index (Phi) is 4.00. The number of hydrogen-bond acceptors (Lipinski definition) is 5. The molecule has 1 aromatic carbocycles. The lowest BCUT2D eigenvalue weighted by Crippen LogP contribution is -2.48. The molecule has 4 unspecified atom stereocenters. The molecule has 2 aliphatic rings. The molecule has 0 saturated carbocycles. The van der Waals surface area contributed by atoms with Crippen LogP contribution in [0.5, 0.6) is 0 Å². The first-order chi connectivity index (χ1) is 13.1. The average molecular weight is 379 g/mol. The van der Waals surface area contributed by atoms with Gasteiger partial charge in [-0.05, 0) is 30.9 Å². The Morgan fingerprint density at radius 1 is 1.26 bits per heavy atom. The Hall–Kier alpha value is -2.28. The van der Waals surface area contributed by atoms with Crippen LogP contribution in [0.2, 0.25) is 0 Å². The van der Waals surface area contributed by atoms with Gasteiger partial charge in [0.15, 0.2) is 5.78 Å². The zero-order valence-electron chi connectivity index (χ0n) is 14.8. The van der Waals surface area contributed by atoms with E-state index in [0.29, 0.717) is 12.8 Å². The lowest BCUT2D eigenvalue weighted by Gasteiger charge is -2.38. The van der Waals surface area contributed by atoms with E-state index in [1.165, 1.54) is 0 Å². The number of benzene rings is 1. The molecule has 0 amide bonds. The van der Waals surface area contributed by atoms with Crippen molar-refractivity contribution in [2.75, 3.05) is 0 Å². The number of nitrogens with zero attached hydrogens (tertiary/aromatic N) is 1. The zero-order chi connectivity index (χ0) is 18.4. The Morgan fingerprint density at radius 2 is 2.11 bits per heavy atom. The summed E-state index contributed by atoms with van der Waals surface area (Å²) in [5.74, 6) is 0.0952. The van der Waals surface area contributed by atoms with Gasteiger partial charge in [0.25, 0.3) is 0 Å². The van der Waals surface area contributed by atoms with Crippen LogP contribution < -0.4 is 5.32 Å². The van der Waals surface area contributed by atoms with Gasteiger partial charge >= 0.3 is 0 Å². The highest BCUT2D eigenvalue weighted by molar-refractivity contribution is 7.13. The number of H-pyrrole nitrogens is 1. The molecule has 3 N–H and O–H groups in total. The number of aromatic nitrogens is 2. The van der Waals surface area contributed by atoms with Crippen molar-refractivity contribution in [3.63, 3.8) is 0 Å². The molecule has 2 bridgehead atoms. The summed E-state index contributed by atoms with van der Waals surface area (Å²) >= 11 is 1.57. The summed E-state index contributed by atoms with van der Waals surface area (Å²) in [6.07, 6.45) is 5.62. The highest BCUT2D eigenvalue weighted by Gasteiger charge is 2.50. The Morgan fingerprint density at radius 3 is 2.89 bits per heavy atom. The number of piperidine rings is 1. The fourth-order valence-electron chi connectivity index (χ4n) is 4.65. The minimum Gasteiger partial charge on any atom is -0.385 e. The predicted octanol–water partition coefficient (Wildman–Crippen LogP) is 3.35. The molecule has 2 saturated heterocycles. The molecule has 27 heavy (non-hydrogen) atoms. The summed E-state index contributed by atoms with van der Waals surface area (Å²) < 4.78 is 0. The largest absolute Gasteiger partial charge is 0.385 e. The molecule has 0 aliphatic carbocycles. The van der Waals surface area contributed by atoms with Crippen molar-refractivity contribution in [3.8, 4) is 10.4 Å². The lowest BCUT2D eigenvalue weighted by molar-refractivity contribution is -0.0131. The van der Waals surface area contributed by atoms with Gasteiger partial charge in [-0.2, -0.15) is 5.10 Å². The Balaban J connectivity index is 1.37. The molecule has 3 aromatic rings. The summed E-state index contributed by atoms with van der Waals surface area (Å²) in [4.78, 5) is 14.2. The van der Waals surface area contributed by atoms with Gasteiger partial charge in [-0.15, -0.1) is 11.3 Å². The third kappa shape index (κ3) is 2.94. The van der Waals surface area contributed by atoms with E-state index in [1.807, 2.05) is 48.0 Å². The van der Waals surface area contributed by atoms with Gasteiger partial charge in [-0.3, -0.25) is 9.89 Å². The van der Waals surface area contributed by atoms with E-state index in [9.17, 15) is 9.90 Å². The number of Topliss-reactive ketones (excluding diaryl/α,β-unsaturated/α-hetero) is 1. The summed E-state index contributed by atoms with van der Waals surface area (Å²) in [7, 11) is 0. The minimum absolute atomic E-state index is 0.0127. The first kappa shape index (κ1) is 16.9. The smallest absolute Gasteiger partial charge is 0.168 e. The monoisotopic (exact) mass is 379 g/mol. The lowest BCUT2D eigenvalue weighted by atomic mass is 9.80. The number of fused-ring (bicyclic) bond motifs is 2. The number of aliphatic hydroxyl groups is 1. The molecule has 4 atom stereocenters. The maximum atomic E-state index is 13.2. The molecule has 2 aliphatic heterocycles. The molecule has 2 aromatic heterocycles. The van der Waals surface area contributed by atoms with Crippen LogP contribution >= 0.6 is 11.3 Å². The number of nitrogens with one attached hydrogen (secondary N) is 2. The average Bonchev–Trinajstić information content (AvgIpc) is 3.42. The second-order valence-corrected chi connectivity index (χ2v) is 8.58. The van der Waals surface area contributed by atoms with Crippen molar-refractivity contribution in [2.24, 2.45) is 5.92 Å². The van der Waals surface area contributed by atoms with Crippen molar-refractivity contribution in [2.45, 2.75) is 36.9 Å². The van der Waals surface area contributed by atoms with E-state index in [1.54, 1.807) is 17.5 Å². The van der Waals surface area contributed by atoms with E-state index >= 15 is 0 Å². The molecular weight excluding hydrogens is 358 g/mol. The van der Waals surface area contributed by atoms with Crippen molar-refractivity contribution < 1.29 is 9.90 Å². The number of rotatable bonds is 4. The van der Waals surface area contributed by atoms with Crippen LogP contribution in [-0.2, 0) is 5.60 Å². The van der Waals surface area contributed by atoms with Crippen LogP contribution in [0.25, 0.3) is 10.4 Å². The summed E-state index contributed by atoms with van der Waals surface area (Å²) in [5, 5.41) is 23.5. The van der Waals surface area contributed by atoms with Crippen LogP contribution in [0.1, 0.15) is 35.2 Å². The Bertz CT molecular complexity index is 953. The first-order valence-corrected chi connectivity index (χ1v) is 10.2. The minimum atomic E-state index is -0.854. The van der Waals surface area contributed by atoms with Crippen molar-refractivity contribution in [1.82, 2.24) is 15.5 Å². The zero-order valence-corrected chi connectivity index (χ0v) is 15.6. The van der Waals surface area contributed by atoms with Gasteiger partial charge in [0, 0.05) is 45.6 Å². The molecule has 5 nitrogen and oxygen atoms in total. The van der Waals surface area contributed by atoms with Crippen LogP contribution in [0.4, 0.5) is 0 Å². The number of hydrogen-bond donors (Lipinski definition) is 3. The normalized spacial score (nSPS) is 29.7. The number of ketones is 1. The summed E-state index contributed by atoms with van der Waals surface area (Å²) in [6.45, 7) is 0. The second kappa shape index (κ2) is 6.41. The van der Waals surface area contributed by atoms with E-state index < -0.39 is 5.60 Å². The van der Waals surface area contributed by atoms with Crippen LogP contribution in [0.15, 0.2) is 54.2 Å². The summed E-state index contributed by atoms with van der Waals surface area (Å²) in [6, 6.07) is 12.0. The molecule has 138 valence electrons. The predicted molar refractivity (Wildman–Crippen MR) is 105 cm³/mol. The van der Waals surface area contributed by atoms with E-state index in [-0.39, 0.29) is 23.8 Å². The highest BCUT2D eigenvalue weighted by atomic mass is 32.1. The van der Waals surface area contributed by atoms with Crippen LogP contribution in [0.3, 0.4) is 0 Å². The molecule has 4 heterocycles. The fraction of sp³-hybridized carbons (Fsp3) is 0.333. The third-order valence-corrected chi connectivity index (χ3v) is 6.91. The van der Waals surface area contributed by atoms with Crippen molar-refractivity contribution >= 4 is 17.1 Å². The van der Waals surface area contributed by atoms with Gasteiger partial charge in [0.2, 0.25) is 0 Å². The van der Waals surface area contributed by atoms with Crippen molar-refractivity contribution in [1.29, 1.82) is 0 Å². The SMILES string of the molecule is O=C(c1csc(-c2cn[nH]c2)c1)C1CC2CC(O)(c3ccccc3)CC1N2. The molecule has 0 radical (unpaired) electrons. The molecule has 6 heteroatoms. The van der Waals surface area contributed by atoms with Crippen molar-refractivity contribution in [3.05, 3.63) is 65.3 Å². The maximum Gasteiger partial charge on any atom is 0.168 e. The Labute approximate surface area is 161 Å². The van der Waals surface area contributed by atoms with E-state index in [2.05, 4.69) is 15.5 Å². The van der Waals surface area contributed by atoms with Crippen LogP contribution in [-0.4, -0.2) is 33.2 Å². The molecule has 5 rings (SSSR count). The van der Waals surface area contributed by atoms with Gasteiger partial charge in [-0.1, -0.05) is 30.3 Å².